The molecule has 3 N–H and O–H groups in total. The van der Waals surface area contributed by atoms with Gasteiger partial charge in [0.25, 0.3) is 19.1 Å². The number of rotatable bonds is 10. The Morgan fingerprint density at radius 2 is 1.00 bits per heavy atom. The Kier molecular flexibility index (Phi) is 15.2. The molecule has 0 atom stereocenters. The maximum atomic E-state index is 12.9. The molecule has 0 saturated heterocycles. The number of methoxy groups -OCH3 is 2. The maximum Gasteiger partial charge on any atom is 0.261 e. The summed E-state index contributed by atoms with van der Waals surface area (Å²) < 4.78 is 60.9. The predicted molar refractivity (Wildman–Crippen MR) is 222 cm³/mol. The summed E-state index contributed by atoms with van der Waals surface area (Å²) in [6, 6.07) is 39.8. The van der Waals surface area contributed by atoms with Crippen LogP contribution in [0.1, 0.15) is 31.8 Å². The maximum absolute atomic E-state index is 12.9. The molecular formula is C40H33Br2ClN2O8S2. The average molecular weight is 929 g/mol. The molecule has 0 aliphatic rings. The summed E-state index contributed by atoms with van der Waals surface area (Å²) in [5, 5.41) is 0. The summed E-state index contributed by atoms with van der Waals surface area (Å²) in [5.41, 5.74) is 8.40. The van der Waals surface area contributed by atoms with Crippen LogP contribution < -0.4 is 19.9 Å². The van der Waals surface area contributed by atoms with Gasteiger partial charge in [-0.25, -0.2) is 16.8 Å². The van der Waals surface area contributed by atoms with E-state index in [4.69, 9.17) is 25.9 Å². The van der Waals surface area contributed by atoms with Crippen LogP contribution in [0.15, 0.2) is 164 Å². The molecule has 55 heavy (non-hydrogen) atoms. The highest BCUT2D eigenvalue weighted by Crippen LogP contribution is 2.27. The van der Waals surface area contributed by atoms with Crippen LogP contribution in [0, 0.1) is 0 Å². The van der Waals surface area contributed by atoms with E-state index >= 15 is 0 Å². The van der Waals surface area contributed by atoms with E-state index in [0.29, 0.717) is 38.3 Å². The number of carbonyl (C=O) groups excluding carboxylic acids is 2. The number of carbonyl (C=O) groups is 2. The SMILES string of the molecule is COc1ccc(S(=O)(=O)Cl)cc1.COc1ccc(S(=O)(=O)Nc2ccc(Br)cc2C(=O)c2ccccc2)cc1.Nc1ccc(Br)cc1C(=O)c1ccccc1. The third kappa shape index (κ3) is 12.3. The second-order valence-electron chi connectivity index (χ2n) is 11.2. The van der Waals surface area contributed by atoms with E-state index in [0.717, 1.165) is 4.47 Å². The molecule has 6 aromatic rings. The van der Waals surface area contributed by atoms with Crippen LogP contribution in [-0.2, 0) is 19.1 Å². The number of nitrogens with one attached hydrogen (secondary N) is 1. The van der Waals surface area contributed by atoms with Gasteiger partial charge in [0.1, 0.15) is 11.5 Å². The quantitative estimate of drug-likeness (QED) is 0.0776. The number of anilines is 2. The monoisotopic (exact) mass is 926 g/mol. The fraction of sp³-hybridized carbons (Fsp3) is 0.0500. The molecule has 0 saturated carbocycles. The van der Waals surface area contributed by atoms with E-state index in [1.54, 1.807) is 78.9 Å². The zero-order valence-electron chi connectivity index (χ0n) is 29.2. The number of nitrogen functional groups attached to an aromatic ring is 1. The second kappa shape index (κ2) is 19.6. The largest absolute Gasteiger partial charge is 0.497 e. The van der Waals surface area contributed by atoms with E-state index in [9.17, 15) is 26.4 Å². The standard InChI is InChI=1S/C20H16BrNO4S.C13H10BrNO.C7H7ClO3S/c1-26-16-8-10-17(11-9-16)27(24,25)22-19-12-7-15(21)13-18(19)20(23)14-5-3-2-4-6-14;14-10-6-7-12(15)11(8-10)13(16)9-4-2-1-3-5-9;1-11-6-2-4-7(5-3-6)12(8,9)10/h2-13,22H,1H3;1-8H,15H2;2-5H,1H3. The van der Waals surface area contributed by atoms with Gasteiger partial charge < -0.3 is 15.2 Å². The first-order chi connectivity index (χ1) is 26.1. The molecule has 6 aromatic carbocycles. The van der Waals surface area contributed by atoms with Crippen LogP contribution in [0.25, 0.3) is 0 Å². The third-order valence-electron chi connectivity index (χ3n) is 7.51. The van der Waals surface area contributed by atoms with Crippen molar-refractivity contribution in [2.45, 2.75) is 9.79 Å². The van der Waals surface area contributed by atoms with E-state index < -0.39 is 19.1 Å². The molecule has 0 amide bonds. The molecule has 0 spiro atoms. The van der Waals surface area contributed by atoms with Gasteiger partial charge >= 0.3 is 0 Å². The lowest BCUT2D eigenvalue weighted by atomic mass is 10.0. The molecule has 284 valence electrons. The van der Waals surface area contributed by atoms with Gasteiger partial charge in [0.05, 0.1) is 29.7 Å². The minimum Gasteiger partial charge on any atom is -0.497 e. The van der Waals surface area contributed by atoms with Crippen LogP contribution in [0.2, 0.25) is 0 Å². The minimum atomic E-state index is -3.86. The minimum absolute atomic E-state index is 0.0561. The van der Waals surface area contributed by atoms with Crippen molar-refractivity contribution in [2.24, 2.45) is 0 Å². The molecule has 0 bridgehead atoms. The molecule has 15 heteroatoms. The molecule has 0 radical (unpaired) electrons. The Morgan fingerprint density at radius 3 is 1.45 bits per heavy atom. The fourth-order valence-corrected chi connectivity index (χ4v) is 7.28. The van der Waals surface area contributed by atoms with Crippen LogP contribution >= 0.6 is 42.5 Å². The van der Waals surface area contributed by atoms with Crippen molar-refractivity contribution in [1.82, 2.24) is 0 Å². The van der Waals surface area contributed by atoms with Gasteiger partial charge in [0.15, 0.2) is 11.6 Å². The van der Waals surface area contributed by atoms with Gasteiger partial charge in [0.2, 0.25) is 0 Å². The second-order valence-corrected chi connectivity index (χ2v) is 17.3. The molecule has 0 unspecified atom stereocenters. The van der Waals surface area contributed by atoms with E-state index in [1.165, 1.54) is 50.6 Å². The number of hydrogen-bond donors (Lipinski definition) is 2. The van der Waals surface area contributed by atoms with E-state index in [-0.39, 0.29) is 32.6 Å². The molecule has 6 rings (SSSR count). The molecule has 0 heterocycles. The van der Waals surface area contributed by atoms with Crippen molar-refractivity contribution < 1.29 is 35.9 Å². The van der Waals surface area contributed by atoms with Crippen LogP contribution in [0.3, 0.4) is 0 Å². The van der Waals surface area contributed by atoms with Crippen LogP contribution in [0.4, 0.5) is 11.4 Å². The lowest BCUT2D eigenvalue weighted by Gasteiger charge is -2.13. The topological polar surface area (TPSA) is 159 Å². The van der Waals surface area contributed by atoms with Gasteiger partial charge in [-0.2, -0.15) is 0 Å². The number of nitrogens with two attached hydrogens (primary N) is 1. The molecule has 0 aliphatic carbocycles. The summed E-state index contributed by atoms with van der Waals surface area (Å²) in [5.74, 6) is 0.820. The van der Waals surface area contributed by atoms with Crippen molar-refractivity contribution in [3.8, 4) is 11.5 Å². The smallest absolute Gasteiger partial charge is 0.261 e. The summed E-state index contributed by atoms with van der Waals surface area (Å²) in [7, 11) is 0.621. The number of ether oxygens (including phenoxy) is 2. The van der Waals surface area contributed by atoms with Crippen molar-refractivity contribution in [3.63, 3.8) is 0 Å². The first-order valence-corrected chi connectivity index (χ1v) is 21.3. The van der Waals surface area contributed by atoms with E-state index in [2.05, 4.69) is 36.6 Å². The van der Waals surface area contributed by atoms with E-state index in [1.807, 2.05) is 30.3 Å². The number of halogens is 3. The van der Waals surface area contributed by atoms with Gasteiger partial charge in [0, 0.05) is 47.6 Å². The molecule has 0 fully saturated rings. The molecule has 0 aliphatic heterocycles. The Morgan fingerprint density at radius 1 is 0.582 bits per heavy atom. The number of ketones is 2. The Bertz CT molecular complexity index is 2470. The van der Waals surface area contributed by atoms with Gasteiger partial charge in [-0.05, 0) is 84.9 Å². The molecular weight excluding hydrogens is 896 g/mol. The summed E-state index contributed by atoms with van der Waals surface area (Å²) in [4.78, 5) is 25.1. The number of benzene rings is 6. The first kappa shape index (κ1) is 42.7. The summed E-state index contributed by atoms with van der Waals surface area (Å²) >= 11 is 6.66. The highest BCUT2D eigenvalue weighted by atomic mass is 79.9. The van der Waals surface area contributed by atoms with Gasteiger partial charge in [-0.15, -0.1) is 0 Å². The highest BCUT2D eigenvalue weighted by molar-refractivity contribution is 9.10. The summed E-state index contributed by atoms with van der Waals surface area (Å²) in [6.45, 7) is 0. The Labute approximate surface area is 341 Å². The summed E-state index contributed by atoms with van der Waals surface area (Å²) in [6.07, 6.45) is 0. The van der Waals surface area contributed by atoms with Crippen LogP contribution in [-0.4, -0.2) is 42.6 Å². The van der Waals surface area contributed by atoms with Crippen molar-refractivity contribution in [2.75, 3.05) is 24.7 Å². The van der Waals surface area contributed by atoms with Crippen molar-refractivity contribution in [3.05, 3.63) is 177 Å². The lowest BCUT2D eigenvalue weighted by Crippen LogP contribution is -2.16. The Hall–Kier alpha value is -4.99. The number of hydrogen-bond acceptors (Lipinski definition) is 9. The third-order valence-corrected chi connectivity index (χ3v) is 11.3. The number of sulfonamides is 1. The fourth-order valence-electron chi connectivity index (χ4n) is 4.71. The lowest BCUT2D eigenvalue weighted by molar-refractivity contribution is 0.103. The zero-order valence-corrected chi connectivity index (χ0v) is 34.7. The van der Waals surface area contributed by atoms with Crippen molar-refractivity contribution >= 4 is 84.6 Å². The average Bonchev–Trinajstić information content (AvgIpc) is 3.19. The molecule has 10 nitrogen and oxygen atoms in total. The Balaban J connectivity index is 0.000000203. The molecule has 0 aromatic heterocycles. The van der Waals surface area contributed by atoms with Crippen molar-refractivity contribution in [1.29, 1.82) is 0 Å². The normalized spacial score (nSPS) is 10.8. The van der Waals surface area contributed by atoms with Crippen LogP contribution in [0.5, 0.6) is 11.5 Å². The first-order valence-electron chi connectivity index (χ1n) is 15.9. The van der Waals surface area contributed by atoms with Gasteiger partial charge in [-0.3, -0.25) is 14.3 Å². The predicted octanol–water partition coefficient (Wildman–Crippen LogP) is 9.37. The van der Waals surface area contributed by atoms with Gasteiger partial charge in [-0.1, -0.05) is 92.5 Å². The zero-order chi connectivity index (χ0) is 40.2. The highest BCUT2D eigenvalue weighted by Gasteiger charge is 2.20.